The first kappa shape index (κ1) is 17.4. The van der Waals surface area contributed by atoms with Crippen LogP contribution >= 0.6 is 0 Å². The van der Waals surface area contributed by atoms with Gasteiger partial charge in [0.25, 0.3) is 11.8 Å². The monoisotopic (exact) mass is 395 g/mol. The number of amides is 4. The third-order valence-corrected chi connectivity index (χ3v) is 5.03. The Balaban J connectivity index is 1.45. The number of hydrogen-bond donors (Lipinski definition) is 1. The molecule has 0 unspecified atom stereocenters. The lowest BCUT2D eigenvalue weighted by Crippen LogP contribution is -2.54. The summed E-state index contributed by atoms with van der Waals surface area (Å²) in [5.74, 6) is 0.502. The van der Waals surface area contributed by atoms with Crippen molar-refractivity contribution < 1.29 is 28.3 Å². The Morgan fingerprint density at radius 1 is 0.966 bits per heavy atom. The Bertz CT molecular complexity index is 1050. The van der Waals surface area contributed by atoms with Crippen molar-refractivity contribution in [1.29, 1.82) is 0 Å². The highest BCUT2D eigenvalue weighted by molar-refractivity contribution is 6.39. The maximum atomic E-state index is 13.0. The molecule has 29 heavy (non-hydrogen) atoms. The molecular weight excluding hydrogens is 378 g/mol. The Labute approximate surface area is 165 Å². The second-order valence-corrected chi connectivity index (χ2v) is 6.87. The van der Waals surface area contributed by atoms with Gasteiger partial charge in [0, 0.05) is 25.2 Å². The van der Waals surface area contributed by atoms with E-state index in [4.69, 9.17) is 13.9 Å². The van der Waals surface area contributed by atoms with Gasteiger partial charge in [-0.25, -0.2) is 9.69 Å². The number of imide groups is 2. The number of benzene rings is 1. The minimum absolute atomic E-state index is 0.0699. The van der Waals surface area contributed by atoms with Gasteiger partial charge in [-0.3, -0.25) is 14.9 Å². The van der Waals surface area contributed by atoms with Crippen LogP contribution in [0.25, 0.3) is 6.08 Å². The quantitative estimate of drug-likeness (QED) is 0.628. The number of urea groups is 1. The fraction of sp³-hybridized carbons (Fsp3) is 0.250. The first-order valence-corrected chi connectivity index (χ1v) is 9.26. The SMILES string of the molecule is O=C1NC(=O)N(c2ccc3c(c2)OCO3)C(=O)/C1=C\c1ccc(N2CCCC2)o1. The molecular formula is C20H17N3O6. The molecule has 0 aliphatic carbocycles. The Hall–Kier alpha value is -3.75. The average Bonchev–Trinajstić information content (AvgIpc) is 3.45. The number of nitrogens with zero attached hydrogens (tertiary/aromatic N) is 2. The first-order chi connectivity index (χ1) is 14.1. The fourth-order valence-corrected chi connectivity index (χ4v) is 3.59. The zero-order valence-electron chi connectivity index (χ0n) is 15.3. The third-order valence-electron chi connectivity index (χ3n) is 5.03. The van der Waals surface area contributed by atoms with Gasteiger partial charge in [0.1, 0.15) is 11.3 Å². The van der Waals surface area contributed by atoms with Crippen LogP contribution in [0.15, 0.2) is 40.3 Å². The largest absolute Gasteiger partial charge is 0.454 e. The van der Waals surface area contributed by atoms with Crippen molar-refractivity contribution in [2.75, 3.05) is 29.7 Å². The van der Waals surface area contributed by atoms with E-state index in [1.165, 1.54) is 12.1 Å². The van der Waals surface area contributed by atoms with E-state index < -0.39 is 17.8 Å². The van der Waals surface area contributed by atoms with E-state index in [0.717, 1.165) is 30.8 Å². The molecule has 0 bridgehead atoms. The summed E-state index contributed by atoms with van der Waals surface area (Å²) in [4.78, 5) is 40.6. The van der Waals surface area contributed by atoms with Crippen LogP contribution in [-0.2, 0) is 9.59 Å². The van der Waals surface area contributed by atoms with E-state index in [1.54, 1.807) is 18.2 Å². The normalized spacial score (nSPS) is 20.0. The van der Waals surface area contributed by atoms with Crippen LogP contribution in [0.1, 0.15) is 18.6 Å². The van der Waals surface area contributed by atoms with E-state index in [9.17, 15) is 14.4 Å². The van der Waals surface area contributed by atoms with Crippen LogP contribution < -0.4 is 24.6 Å². The zero-order valence-corrected chi connectivity index (χ0v) is 15.3. The molecule has 148 valence electrons. The van der Waals surface area contributed by atoms with E-state index in [-0.39, 0.29) is 18.1 Å². The maximum Gasteiger partial charge on any atom is 0.335 e. The van der Waals surface area contributed by atoms with Crippen molar-refractivity contribution in [3.63, 3.8) is 0 Å². The minimum Gasteiger partial charge on any atom is -0.454 e. The Morgan fingerprint density at radius 3 is 2.59 bits per heavy atom. The van der Waals surface area contributed by atoms with Gasteiger partial charge in [-0.1, -0.05) is 0 Å². The molecule has 2 saturated heterocycles. The van der Waals surface area contributed by atoms with Gasteiger partial charge in [-0.15, -0.1) is 0 Å². The van der Waals surface area contributed by atoms with Gasteiger partial charge in [0.15, 0.2) is 17.4 Å². The lowest BCUT2D eigenvalue weighted by molar-refractivity contribution is -0.122. The number of ether oxygens (including phenoxy) is 2. The molecule has 9 nitrogen and oxygen atoms in total. The fourth-order valence-electron chi connectivity index (χ4n) is 3.59. The topological polar surface area (TPSA) is 101 Å². The molecule has 0 saturated carbocycles. The summed E-state index contributed by atoms with van der Waals surface area (Å²) in [6.07, 6.45) is 3.55. The van der Waals surface area contributed by atoms with Gasteiger partial charge in [-0.2, -0.15) is 0 Å². The van der Waals surface area contributed by atoms with Crippen LogP contribution in [0.5, 0.6) is 11.5 Å². The number of furan rings is 1. The van der Waals surface area contributed by atoms with Gasteiger partial charge in [0.05, 0.1) is 5.69 Å². The van der Waals surface area contributed by atoms with Gasteiger partial charge >= 0.3 is 6.03 Å². The van der Waals surface area contributed by atoms with E-state index in [1.807, 2.05) is 6.07 Å². The van der Waals surface area contributed by atoms with Crippen LogP contribution in [0.4, 0.5) is 16.4 Å². The number of carbonyl (C=O) groups is 3. The van der Waals surface area contributed by atoms with Gasteiger partial charge < -0.3 is 18.8 Å². The number of fused-ring (bicyclic) bond motifs is 1. The average molecular weight is 395 g/mol. The molecule has 0 spiro atoms. The molecule has 1 aromatic heterocycles. The molecule has 1 aromatic carbocycles. The van der Waals surface area contributed by atoms with Crippen molar-refractivity contribution in [3.8, 4) is 11.5 Å². The second-order valence-electron chi connectivity index (χ2n) is 6.87. The van der Waals surface area contributed by atoms with E-state index >= 15 is 0 Å². The number of anilines is 2. The molecule has 2 fully saturated rings. The van der Waals surface area contributed by atoms with E-state index in [0.29, 0.717) is 23.1 Å². The summed E-state index contributed by atoms with van der Waals surface area (Å²) in [5, 5.41) is 2.19. The molecule has 0 atom stereocenters. The summed E-state index contributed by atoms with van der Waals surface area (Å²) in [7, 11) is 0. The standard InChI is InChI=1S/C20H17N3O6/c24-18-14(10-13-4-6-17(29-13)22-7-1-2-8-22)19(25)23(20(26)21-18)12-3-5-15-16(9-12)28-11-27-15/h3-6,9-10H,1-2,7-8,11H2,(H,21,24,26)/b14-10-. The number of rotatable bonds is 3. The van der Waals surface area contributed by atoms with Crippen LogP contribution in [0.2, 0.25) is 0 Å². The zero-order chi connectivity index (χ0) is 20.0. The van der Waals surface area contributed by atoms with Crippen LogP contribution in [0, 0.1) is 0 Å². The minimum atomic E-state index is -0.826. The van der Waals surface area contributed by atoms with Crippen molar-refractivity contribution in [1.82, 2.24) is 5.32 Å². The predicted octanol–water partition coefficient (Wildman–Crippen LogP) is 2.27. The highest BCUT2D eigenvalue weighted by Crippen LogP contribution is 2.36. The predicted molar refractivity (Wildman–Crippen MR) is 102 cm³/mol. The van der Waals surface area contributed by atoms with Crippen LogP contribution in [-0.4, -0.2) is 37.7 Å². The number of hydrogen-bond acceptors (Lipinski definition) is 7. The van der Waals surface area contributed by atoms with E-state index in [2.05, 4.69) is 10.2 Å². The Morgan fingerprint density at radius 2 is 1.76 bits per heavy atom. The number of nitrogens with one attached hydrogen (secondary N) is 1. The smallest absolute Gasteiger partial charge is 0.335 e. The third kappa shape index (κ3) is 3.00. The Kier molecular flexibility index (Phi) is 4.01. The molecule has 3 aliphatic heterocycles. The molecule has 5 rings (SSSR count). The summed E-state index contributed by atoms with van der Waals surface area (Å²) in [5.41, 5.74) is 0.0805. The lowest BCUT2D eigenvalue weighted by atomic mass is 10.1. The lowest BCUT2D eigenvalue weighted by Gasteiger charge is -2.26. The van der Waals surface area contributed by atoms with Gasteiger partial charge in [-0.05, 0) is 37.1 Å². The van der Waals surface area contributed by atoms with Crippen molar-refractivity contribution in [2.45, 2.75) is 12.8 Å². The van der Waals surface area contributed by atoms with Gasteiger partial charge in [0.2, 0.25) is 6.79 Å². The molecule has 1 N–H and O–H groups in total. The first-order valence-electron chi connectivity index (χ1n) is 9.26. The number of barbiturate groups is 1. The van der Waals surface area contributed by atoms with Crippen molar-refractivity contribution in [2.24, 2.45) is 0 Å². The maximum absolute atomic E-state index is 13.0. The number of carbonyl (C=O) groups excluding carboxylic acids is 3. The van der Waals surface area contributed by atoms with Crippen molar-refractivity contribution in [3.05, 3.63) is 41.7 Å². The second kappa shape index (κ2) is 6.69. The summed E-state index contributed by atoms with van der Waals surface area (Å²) >= 11 is 0. The molecule has 3 aliphatic rings. The summed E-state index contributed by atoms with van der Waals surface area (Å²) in [6.45, 7) is 1.89. The molecule has 9 heteroatoms. The highest BCUT2D eigenvalue weighted by atomic mass is 16.7. The molecule has 0 radical (unpaired) electrons. The molecule has 4 amide bonds. The summed E-state index contributed by atoms with van der Waals surface area (Å²) < 4.78 is 16.3. The molecule has 2 aromatic rings. The highest BCUT2D eigenvalue weighted by Gasteiger charge is 2.37. The van der Waals surface area contributed by atoms with Crippen LogP contribution in [0.3, 0.4) is 0 Å². The molecule has 4 heterocycles. The summed E-state index contributed by atoms with van der Waals surface area (Å²) in [6, 6.07) is 7.36. The van der Waals surface area contributed by atoms with Crippen molar-refractivity contribution >= 4 is 35.5 Å².